The molecule has 1 saturated heterocycles. The number of ether oxygens (including phenoxy) is 1. The predicted molar refractivity (Wildman–Crippen MR) is 99.0 cm³/mol. The Balaban J connectivity index is 2.13. The Labute approximate surface area is 156 Å². The van der Waals surface area contributed by atoms with Gasteiger partial charge in [0, 0.05) is 0 Å². The Morgan fingerprint density at radius 3 is 2.77 bits per heavy atom. The largest absolute Gasteiger partial charge is 0.459 e. The Hall–Kier alpha value is -2.15. The maximum absolute atomic E-state index is 13.9. The molecule has 138 valence electrons. The standard InChI is InChI=1S/C19H21FN2O3S/c1-5-14-17(23)22-16(12-7-6-8-13(20)9-12)15(18(24)25-10(2)3)11(4)21-19(22)26-14/h6-10,14,16H,5H2,1-4H3/t14-,16+/m0/s1. The molecule has 1 amide bonds. The van der Waals surface area contributed by atoms with Crippen LogP contribution in [-0.4, -0.2) is 33.3 Å². The minimum absolute atomic E-state index is 0.118. The molecule has 2 aliphatic rings. The molecule has 2 aliphatic heterocycles. The van der Waals surface area contributed by atoms with Gasteiger partial charge in [-0.25, -0.2) is 14.2 Å². The van der Waals surface area contributed by atoms with Gasteiger partial charge < -0.3 is 4.74 Å². The summed E-state index contributed by atoms with van der Waals surface area (Å²) in [6, 6.07) is 5.23. The zero-order valence-electron chi connectivity index (χ0n) is 15.2. The lowest BCUT2D eigenvalue weighted by Gasteiger charge is -2.33. The third-order valence-electron chi connectivity index (χ3n) is 4.25. The van der Waals surface area contributed by atoms with Crippen LogP contribution in [0.2, 0.25) is 0 Å². The highest BCUT2D eigenvalue weighted by Gasteiger charge is 2.47. The van der Waals surface area contributed by atoms with E-state index in [0.29, 0.717) is 22.8 Å². The van der Waals surface area contributed by atoms with Crippen molar-refractivity contribution in [1.82, 2.24) is 4.90 Å². The van der Waals surface area contributed by atoms with Crippen molar-refractivity contribution in [2.75, 3.05) is 0 Å². The molecule has 0 radical (unpaired) electrons. The highest BCUT2D eigenvalue weighted by Crippen LogP contribution is 2.44. The van der Waals surface area contributed by atoms with Crippen molar-refractivity contribution in [3.8, 4) is 0 Å². The summed E-state index contributed by atoms with van der Waals surface area (Å²) in [6.45, 7) is 7.16. The van der Waals surface area contributed by atoms with E-state index in [1.54, 1.807) is 32.9 Å². The Morgan fingerprint density at radius 2 is 2.15 bits per heavy atom. The van der Waals surface area contributed by atoms with Crippen molar-refractivity contribution in [2.45, 2.75) is 51.5 Å². The molecule has 0 aliphatic carbocycles. The number of hydrogen-bond donors (Lipinski definition) is 0. The minimum Gasteiger partial charge on any atom is -0.459 e. The fourth-order valence-corrected chi connectivity index (χ4v) is 4.25. The van der Waals surface area contributed by atoms with Gasteiger partial charge in [-0.15, -0.1) is 0 Å². The van der Waals surface area contributed by atoms with Crippen LogP contribution in [0.1, 0.15) is 45.7 Å². The second-order valence-corrected chi connectivity index (χ2v) is 7.70. The summed E-state index contributed by atoms with van der Waals surface area (Å²) >= 11 is 1.38. The Bertz CT molecular complexity index is 819. The zero-order valence-corrected chi connectivity index (χ0v) is 16.0. The Morgan fingerprint density at radius 1 is 1.42 bits per heavy atom. The van der Waals surface area contributed by atoms with Crippen molar-refractivity contribution in [2.24, 2.45) is 4.99 Å². The monoisotopic (exact) mass is 376 g/mol. The van der Waals surface area contributed by atoms with Crippen molar-refractivity contribution >= 4 is 28.8 Å². The van der Waals surface area contributed by atoms with E-state index in [1.165, 1.54) is 28.8 Å². The lowest BCUT2D eigenvalue weighted by atomic mass is 9.94. The molecule has 0 spiro atoms. The van der Waals surface area contributed by atoms with Crippen LogP contribution in [0.25, 0.3) is 0 Å². The fraction of sp³-hybridized carbons (Fsp3) is 0.421. The summed E-state index contributed by atoms with van der Waals surface area (Å²) < 4.78 is 19.2. The van der Waals surface area contributed by atoms with Gasteiger partial charge in [0.15, 0.2) is 5.17 Å². The first kappa shape index (κ1) is 18.6. The van der Waals surface area contributed by atoms with E-state index in [2.05, 4.69) is 4.99 Å². The van der Waals surface area contributed by atoms with E-state index in [9.17, 15) is 14.0 Å². The number of aliphatic imine (C=N–C) groups is 1. The number of amides is 1. The summed E-state index contributed by atoms with van der Waals surface area (Å²) in [5.74, 6) is -1.08. The molecule has 0 aromatic heterocycles. The average Bonchev–Trinajstić information content (AvgIpc) is 2.88. The third-order valence-corrected chi connectivity index (χ3v) is 5.57. The molecule has 0 bridgehead atoms. The molecule has 0 N–H and O–H groups in total. The van der Waals surface area contributed by atoms with Crippen LogP contribution in [0.4, 0.5) is 4.39 Å². The van der Waals surface area contributed by atoms with Crippen LogP contribution in [0.3, 0.4) is 0 Å². The molecule has 2 atom stereocenters. The molecule has 1 aromatic carbocycles. The highest BCUT2D eigenvalue weighted by molar-refractivity contribution is 8.15. The summed E-state index contributed by atoms with van der Waals surface area (Å²) in [4.78, 5) is 31.6. The van der Waals surface area contributed by atoms with Gasteiger partial charge in [-0.3, -0.25) is 9.69 Å². The number of benzene rings is 1. The summed E-state index contributed by atoms with van der Waals surface area (Å²) in [5, 5.41) is 0.299. The molecule has 2 heterocycles. The maximum Gasteiger partial charge on any atom is 0.338 e. The van der Waals surface area contributed by atoms with Gasteiger partial charge in [-0.1, -0.05) is 30.8 Å². The molecule has 0 saturated carbocycles. The number of carbonyl (C=O) groups excluding carboxylic acids is 2. The molecule has 0 unspecified atom stereocenters. The Kier molecular flexibility index (Phi) is 5.18. The number of nitrogens with zero attached hydrogens (tertiary/aromatic N) is 2. The van der Waals surface area contributed by atoms with Crippen molar-refractivity contribution in [1.29, 1.82) is 0 Å². The first-order valence-corrected chi connectivity index (χ1v) is 9.47. The number of fused-ring (bicyclic) bond motifs is 1. The van der Waals surface area contributed by atoms with Crippen molar-refractivity contribution in [3.05, 3.63) is 46.9 Å². The van der Waals surface area contributed by atoms with E-state index in [1.807, 2.05) is 6.92 Å². The quantitative estimate of drug-likeness (QED) is 0.750. The molecule has 7 heteroatoms. The first-order chi connectivity index (χ1) is 12.3. The van der Waals surface area contributed by atoms with E-state index < -0.39 is 17.8 Å². The van der Waals surface area contributed by atoms with Crippen LogP contribution in [0, 0.1) is 5.82 Å². The summed E-state index contributed by atoms with van der Waals surface area (Å²) in [7, 11) is 0. The number of amidine groups is 1. The second kappa shape index (κ2) is 7.23. The number of hydrogen-bond acceptors (Lipinski definition) is 5. The van der Waals surface area contributed by atoms with E-state index in [4.69, 9.17) is 4.74 Å². The normalized spacial score (nSPS) is 22.6. The van der Waals surface area contributed by atoms with Crippen LogP contribution >= 0.6 is 11.8 Å². The van der Waals surface area contributed by atoms with Gasteiger partial charge in [0.1, 0.15) is 5.82 Å². The topological polar surface area (TPSA) is 59.0 Å². The van der Waals surface area contributed by atoms with Crippen molar-refractivity contribution in [3.63, 3.8) is 0 Å². The minimum atomic E-state index is -0.735. The number of rotatable bonds is 4. The van der Waals surface area contributed by atoms with Crippen LogP contribution in [-0.2, 0) is 14.3 Å². The third kappa shape index (κ3) is 3.28. The molecular formula is C19H21FN2O3S. The average molecular weight is 376 g/mol. The molecule has 5 nitrogen and oxygen atoms in total. The SMILES string of the molecule is CC[C@@H]1SC2=NC(C)=C(C(=O)OC(C)C)[C@@H](c3cccc(F)c3)N2C1=O. The predicted octanol–water partition coefficient (Wildman–Crippen LogP) is 3.82. The van der Waals surface area contributed by atoms with Gasteiger partial charge in [0.25, 0.3) is 0 Å². The number of halogens is 1. The van der Waals surface area contributed by atoms with Gasteiger partial charge in [-0.05, 0) is 44.9 Å². The smallest absolute Gasteiger partial charge is 0.338 e. The maximum atomic E-state index is 13.9. The van der Waals surface area contributed by atoms with Crippen LogP contribution in [0.5, 0.6) is 0 Å². The van der Waals surface area contributed by atoms with E-state index in [-0.39, 0.29) is 22.8 Å². The second-order valence-electron chi connectivity index (χ2n) is 6.53. The number of allylic oxidation sites excluding steroid dienone is 1. The first-order valence-electron chi connectivity index (χ1n) is 8.59. The lowest BCUT2D eigenvalue weighted by Crippen LogP contribution is -2.41. The number of carbonyl (C=O) groups is 2. The molecule has 3 rings (SSSR count). The summed E-state index contributed by atoms with van der Waals surface area (Å²) in [5.41, 5.74) is 1.30. The van der Waals surface area contributed by atoms with Gasteiger partial charge in [0.05, 0.1) is 28.7 Å². The van der Waals surface area contributed by atoms with Gasteiger partial charge in [-0.2, -0.15) is 0 Å². The molecular weight excluding hydrogens is 355 g/mol. The lowest BCUT2D eigenvalue weighted by molar-refractivity contribution is -0.143. The van der Waals surface area contributed by atoms with Crippen LogP contribution in [0.15, 0.2) is 40.5 Å². The molecule has 1 fully saturated rings. The number of esters is 1. The highest BCUT2D eigenvalue weighted by atomic mass is 32.2. The fourth-order valence-electron chi connectivity index (χ4n) is 3.12. The van der Waals surface area contributed by atoms with Crippen LogP contribution < -0.4 is 0 Å². The molecule has 26 heavy (non-hydrogen) atoms. The molecule has 1 aromatic rings. The summed E-state index contributed by atoms with van der Waals surface area (Å²) in [6.07, 6.45) is 0.341. The van der Waals surface area contributed by atoms with Gasteiger partial charge >= 0.3 is 5.97 Å². The van der Waals surface area contributed by atoms with E-state index >= 15 is 0 Å². The number of thioether (sulfide) groups is 1. The van der Waals surface area contributed by atoms with Crippen molar-refractivity contribution < 1.29 is 18.7 Å². The van der Waals surface area contributed by atoms with E-state index in [0.717, 1.165) is 0 Å². The zero-order chi connectivity index (χ0) is 19.0. The van der Waals surface area contributed by atoms with Gasteiger partial charge in [0.2, 0.25) is 5.91 Å².